The lowest BCUT2D eigenvalue weighted by atomic mass is 9.84. The molecule has 0 radical (unpaired) electrons. The second-order valence-corrected chi connectivity index (χ2v) is 3.37. The maximum Gasteiger partial charge on any atom is 0.338 e. The Bertz CT molecular complexity index is 264. The van der Waals surface area contributed by atoms with Crippen molar-refractivity contribution >= 4 is 11.9 Å². The predicted octanol–water partition coefficient (Wildman–Crippen LogP) is 0.544. The number of aliphatic carboxylic acids is 1. The molecular formula is C10H17NO4. The number of hydrogen-bond acceptors (Lipinski definition) is 4. The summed E-state index contributed by atoms with van der Waals surface area (Å²) in [4.78, 5) is 22.5. The molecule has 0 aliphatic rings. The van der Waals surface area contributed by atoms with Crippen molar-refractivity contribution in [3.8, 4) is 0 Å². The van der Waals surface area contributed by atoms with Gasteiger partial charge in [0.05, 0.1) is 0 Å². The van der Waals surface area contributed by atoms with Crippen LogP contribution in [0.2, 0.25) is 0 Å². The molecule has 0 aliphatic heterocycles. The number of carbonyl (C=O) groups excluding carboxylic acids is 1. The molecule has 0 saturated heterocycles. The lowest BCUT2D eigenvalue weighted by Gasteiger charge is -2.27. The van der Waals surface area contributed by atoms with Crippen LogP contribution in [0.25, 0.3) is 0 Å². The zero-order chi connectivity index (χ0) is 12.1. The Morgan fingerprint density at radius 3 is 2.53 bits per heavy atom. The van der Waals surface area contributed by atoms with Gasteiger partial charge in [0.15, 0.2) is 0 Å². The van der Waals surface area contributed by atoms with E-state index in [1.54, 1.807) is 13.8 Å². The largest absolute Gasteiger partial charge is 0.479 e. The van der Waals surface area contributed by atoms with Crippen LogP contribution in [0.3, 0.4) is 0 Å². The average molecular weight is 215 g/mol. The number of nitrogens with two attached hydrogens (primary N) is 1. The number of hydrogen-bond donors (Lipinski definition) is 2. The van der Waals surface area contributed by atoms with Gasteiger partial charge in [-0.25, -0.2) is 9.59 Å². The molecule has 0 heterocycles. The highest BCUT2D eigenvalue weighted by atomic mass is 16.5. The lowest BCUT2D eigenvalue weighted by Crippen LogP contribution is -2.60. The van der Waals surface area contributed by atoms with Crippen LogP contribution < -0.4 is 5.73 Å². The Hall–Kier alpha value is -1.36. The van der Waals surface area contributed by atoms with E-state index in [9.17, 15) is 9.59 Å². The van der Waals surface area contributed by atoms with Crippen LogP contribution >= 0.6 is 0 Å². The number of carboxylic acid groups (broad SMARTS) is 1. The zero-order valence-corrected chi connectivity index (χ0v) is 9.03. The first-order chi connectivity index (χ1) is 6.91. The van der Waals surface area contributed by atoms with E-state index < -0.39 is 23.4 Å². The van der Waals surface area contributed by atoms with Gasteiger partial charge in [-0.2, -0.15) is 0 Å². The Morgan fingerprint density at radius 2 is 2.20 bits per heavy atom. The van der Waals surface area contributed by atoms with Crippen molar-refractivity contribution in [1.29, 1.82) is 0 Å². The summed E-state index contributed by atoms with van der Waals surface area (Å²) >= 11 is 0. The molecule has 0 spiro atoms. The third-order valence-corrected chi connectivity index (χ3v) is 2.41. The van der Waals surface area contributed by atoms with Gasteiger partial charge in [0.25, 0.3) is 0 Å². The van der Waals surface area contributed by atoms with Gasteiger partial charge in [-0.3, -0.25) is 0 Å². The first kappa shape index (κ1) is 13.6. The first-order valence-electron chi connectivity index (χ1n) is 4.71. The topological polar surface area (TPSA) is 89.6 Å². The zero-order valence-electron chi connectivity index (χ0n) is 9.03. The number of ether oxygens (including phenoxy) is 1. The predicted molar refractivity (Wildman–Crippen MR) is 55.2 cm³/mol. The summed E-state index contributed by atoms with van der Waals surface area (Å²) in [7, 11) is 0. The van der Waals surface area contributed by atoms with E-state index in [0.29, 0.717) is 6.42 Å². The second kappa shape index (κ2) is 5.50. The van der Waals surface area contributed by atoms with Crippen molar-refractivity contribution in [1.82, 2.24) is 0 Å². The smallest absolute Gasteiger partial charge is 0.338 e. The molecule has 3 N–H and O–H groups in total. The number of rotatable bonds is 6. The van der Waals surface area contributed by atoms with Crippen molar-refractivity contribution in [2.45, 2.75) is 25.8 Å². The fraction of sp³-hybridized carbons (Fsp3) is 0.600. The molecule has 86 valence electrons. The van der Waals surface area contributed by atoms with Crippen LogP contribution in [0.4, 0.5) is 0 Å². The molecule has 0 aromatic carbocycles. The van der Waals surface area contributed by atoms with Crippen LogP contribution in [0.5, 0.6) is 0 Å². The molecule has 5 heteroatoms. The molecule has 0 fully saturated rings. The van der Waals surface area contributed by atoms with E-state index >= 15 is 0 Å². The molecule has 0 amide bonds. The molecule has 0 aliphatic carbocycles. The summed E-state index contributed by atoms with van der Waals surface area (Å²) in [5.41, 5.74) is 3.60. The van der Waals surface area contributed by atoms with Crippen molar-refractivity contribution in [3.05, 3.63) is 12.7 Å². The number of carboxylic acids is 1. The highest BCUT2D eigenvalue weighted by Crippen LogP contribution is 2.20. The third-order valence-electron chi connectivity index (χ3n) is 2.41. The Balaban J connectivity index is 4.85. The Labute approximate surface area is 88.9 Å². The van der Waals surface area contributed by atoms with Crippen molar-refractivity contribution < 1.29 is 19.4 Å². The van der Waals surface area contributed by atoms with Gasteiger partial charge in [-0.15, -0.1) is 0 Å². The van der Waals surface area contributed by atoms with Crippen molar-refractivity contribution in [3.63, 3.8) is 0 Å². The summed E-state index contributed by atoms with van der Waals surface area (Å²) in [6.45, 7) is 6.68. The standard InChI is InChI=1S/C10H17NO4/c1-4-6-15-9(14)10(11,8(12)13)7(3)5-2/h4,7H,1,5-6,11H2,2-3H3,(H,12,13). The average Bonchev–Trinajstić information content (AvgIpc) is 2.22. The van der Waals surface area contributed by atoms with Gasteiger partial charge in [0, 0.05) is 0 Å². The van der Waals surface area contributed by atoms with Crippen LogP contribution in [-0.4, -0.2) is 29.2 Å². The maximum absolute atomic E-state index is 11.5. The van der Waals surface area contributed by atoms with E-state index in [-0.39, 0.29) is 6.61 Å². The maximum atomic E-state index is 11.5. The fourth-order valence-corrected chi connectivity index (χ4v) is 1.08. The molecule has 15 heavy (non-hydrogen) atoms. The summed E-state index contributed by atoms with van der Waals surface area (Å²) in [6, 6.07) is 0. The fourth-order valence-electron chi connectivity index (χ4n) is 1.08. The van der Waals surface area contributed by atoms with Crippen LogP contribution in [0.15, 0.2) is 12.7 Å². The molecule has 2 atom stereocenters. The molecular weight excluding hydrogens is 198 g/mol. The first-order valence-corrected chi connectivity index (χ1v) is 4.71. The minimum absolute atomic E-state index is 0.0402. The van der Waals surface area contributed by atoms with Crippen molar-refractivity contribution in [2.24, 2.45) is 11.7 Å². The van der Waals surface area contributed by atoms with Crippen LogP contribution in [0.1, 0.15) is 20.3 Å². The SMILES string of the molecule is C=CCOC(=O)C(N)(C(=O)O)C(C)CC. The highest BCUT2D eigenvalue weighted by molar-refractivity contribution is 6.04. The van der Waals surface area contributed by atoms with E-state index in [1.807, 2.05) is 0 Å². The molecule has 0 saturated carbocycles. The quantitative estimate of drug-likeness (QED) is 0.383. The molecule has 0 rings (SSSR count). The number of esters is 1. The summed E-state index contributed by atoms with van der Waals surface area (Å²) < 4.78 is 4.68. The van der Waals surface area contributed by atoms with Gasteiger partial charge in [-0.05, 0) is 5.92 Å². The van der Waals surface area contributed by atoms with E-state index in [0.717, 1.165) is 0 Å². The monoisotopic (exact) mass is 215 g/mol. The molecule has 0 bridgehead atoms. The van der Waals surface area contributed by atoms with Crippen molar-refractivity contribution in [2.75, 3.05) is 6.61 Å². The van der Waals surface area contributed by atoms with Crippen LogP contribution in [0, 0.1) is 5.92 Å². The summed E-state index contributed by atoms with van der Waals surface area (Å²) in [5.74, 6) is -2.79. The summed E-state index contributed by atoms with van der Waals surface area (Å²) in [5, 5.41) is 8.95. The highest BCUT2D eigenvalue weighted by Gasteiger charge is 2.48. The van der Waals surface area contributed by atoms with Crippen LogP contribution in [-0.2, 0) is 14.3 Å². The Morgan fingerprint density at radius 1 is 1.67 bits per heavy atom. The minimum atomic E-state index is -1.97. The van der Waals surface area contributed by atoms with E-state index in [2.05, 4.69) is 11.3 Å². The van der Waals surface area contributed by atoms with E-state index in [4.69, 9.17) is 10.8 Å². The minimum Gasteiger partial charge on any atom is -0.479 e. The van der Waals surface area contributed by atoms with E-state index in [1.165, 1.54) is 6.08 Å². The summed E-state index contributed by atoms with van der Waals surface area (Å²) in [6.07, 6.45) is 1.84. The normalized spacial score (nSPS) is 16.2. The molecule has 0 aromatic heterocycles. The lowest BCUT2D eigenvalue weighted by molar-refractivity contribution is -0.163. The van der Waals surface area contributed by atoms with Gasteiger partial charge < -0.3 is 15.6 Å². The third kappa shape index (κ3) is 2.79. The molecule has 5 nitrogen and oxygen atoms in total. The number of carbonyl (C=O) groups is 2. The Kier molecular flexibility index (Phi) is 5.00. The molecule has 0 aromatic rings. The van der Waals surface area contributed by atoms with Gasteiger partial charge in [-0.1, -0.05) is 32.9 Å². The molecule has 2 unspecified atom stereocenters. The van der Waals surface area contributed by atoms with Gasteiger partial charge >= 0.3 is 11.9 Å². The van der Waals surface area contributed by atoms with Gasteiger partial charge in [0.2, 0.25) is 5.54 Å². The van der Waals surface area contributed by atoms with Gasteiger partial charge in [0.1, 0.15) is 6.61 Å². The second-order valence-electron chi connectivity index (χ2n) is 3.37.